The molecule has 2 aromatic carbocycles. The molecular formula is C19H20F3NO. The Morgan fingerprint density at radius 1 is 1.00 bits per heavy atom. The van der Waals surface area contributed by atoms with Crippen molar-refractivity contribution in [3.05, 3.63) is 65.7 Å². The Labute approximate surface area is 139 Å². The lowest BCUT2D eigenvalue weighted by Crippen LogP contribution is -2.35. The summed E-state index contributed by atoms with van der Waals surface area (Å²) in [5.74, 6) is 0.755. The van der Waals surface area contributed by atoms with Gasteiger partial charge in [-0.1, -0.05) is 30.3 Å². The van der Waals surface area contributed by atoms with Crippen LogP contribution in [-0.4, -0.2) is 13.1 Å². The zero-order chi connectivity index (χ0) is 17.0. The first-order chi connectivity index (χ1) is 11.5. The number of ether oxygens (including phenoxy) is 1. The van der Waals surface area contributed by atoms with Crippen molar-refractivity contribution in [3.63, 3.8) is 0 Å². The van der Waals surface area contributed by atoms with Crippen LogP contribution in [0.4, 0.5) is 13.2 Å². The third-order valence-electron chi connectivity index (χ3n) is 4.34. The van der Waals surface area contributed by atoms with E-state index in [1.54, 1.807) is 0 Å². The molecule has 1 fully saturated rings. The molecule has 2 atom stereocenters. The second kappa shape index (κ2) is 7.26. The third kappa shape index (κ3) is 4.09. The first-order valence-corrected chi connectivity index (χ1v) is 8.13. The van der Waals surface area contributed by atoms with Crippen molar-refractivity contribution in [1.29, 1.82) is 0 Å². The van der Waals surface area contributed by atoms with Crippen LogP contribution in [0.1, 0.15) is 30.1 Å². The average molecular weight is 335 g/mol. The van der Waals surface area contributed by atoms with Gasteiger partial charge in [-0.25, -0.2) is 0 Å². The molecule has 1 unspecified atom stereocenters. The summed E-state index contributed by atoms with van der Waals surface area (Å²) in [6.07, 6.45) is -2.39. The highest BCUT2D eigenvalue weighted by atomic mass is 19.4. The van der Waals surface area contributed by atoms with Crippen LogP contribution in [-0.2, 0) is 6.18 Å². The highest BCUT2D eigenvalue weighted by Gasteiger charge is 2.31. The van der Waals surface area contributed by atoms with Crippen molar-refractivity contribution in [2.45, 2.75) is 25.1 Å². The topological polar surface area (TPSA) is 21.3 Å². The fraction of sp³-hybridized carbons (Fsp3) is 0.368. The number of rotatable bonds is 4. The third-order valence-corrected chi connectivity index (χ3v) is 4.34. The molecule has 1 heterocycles. The van der Waals surface area contributed by atoms with Gasteiger partial charge in [0, 0.05) is 12.5 Å². The first-order valence-electron chi connectivity index (χ1n) is 8.13. The molecule has 1 aliphatic rings. The van der Waals surface area contributed by atoms with Gasteiger partial charge in [-0.2, -0.15) is 13.2 Å². The van der Waals surface area contributed by atoms with E-state index in [4.69, 9.17) is 4.74 Å². The molecule has 2 aromatic rings. The van der Waals surface area contributed by atoms with E-state index >= 15 is 0 Å². The lowest BCUT2D eigenvalue weighted by molar-refractivity contribution is -0.137. The van der Waals surface area contributed by atoms with Gasteiger partial charge >= 0.3 is 6.18 Å². The van der Waals surface area contributed by atoms with Crippen LogP contribution in [0.15, 0.2) is 54.6 Å². The van der Waals surface area contributed by atoms with Crippen molar-refractivity contribution in [3.8, 4) is 5.75 Å². The lowest BCUT2D eigenvalue weighted by atomic mass is 9.89. The maximum Gasteiger partial charge on any atom is 0.416 e. The minimum Gasteiger partial charge on any atom is -0.485 e. The zero-order valence-corrected chi connectivity index (χ0v) is 13.2. The molecule has 0 saturated carbocycles. The summed E-state index contributed by atoms with van der Waals surface area (Å²) in [6, 6.07) is 14.8. The number of piperidine rings is 1. The van der Waals surface area contributed by atoms with Crippen LogP contribution in [0.5, 0.6) is 5.75 Å². The molecule has 0 bridgehead atoms. The maximum absolute atomic E-state index is 12.7. The number of hydrogen-bond donors (Lipinski definition) is 1. The van der Waals surface area contributed by atoms with Crippen molar-refractivity contribution in [1.82, 2.24) is 5.32 Å². The number of nitrogens with one attached hydrogen (secondary N) is 1. The van der Waals surface area contributed by atoms with Gasteiger partial charge in [0.2, 0.25) is 0 Å². The van der Waals surface area contributed by atoms with Gasteiger partial charge in [0.15, 0.2) is 0 Å². The van der Waals surface area contributed by atoms with Crippen LogP contribution in [0, 0.1) is 5.92 Å². The summed E-state index contributed by atoms with van der Waals surface area (Å²) in [5.41, 5.74) is 0.386. The van der Waals surface area contributed by atoms with E-state index in [2.05, 4.69) is 5.32 Å². The van der Waals surface area contributed by atoms with Crippen molar-refractivity contribution < 1.29 is 17.9 Å². The average Bonchev–Trinajstić information content (AvgIpc) is 2.61. The fourth-order valence-electron chi connectivity index (χ4n) is 3.09. The molecule has 1 saturated heterocycles. The molecule has 0 aromatic heterocycles. The summed E-state index contributed by atoms with van der Waals surface area (Å²) in [4.78, 5) is 0. The molecule has 1 N–H and O–H groups in total. The number of halogens is 3. The monoisotopic (exact) mass is 335 g/mol. The highest BCUT2D eigenvalue weighted by Crippen LogP contribution is 2.34. The van der Waals surface area contributed by atoms with Crippen LogP contribution in [0.2, 0.25) is 0 Å². The Hall–Kier alpha value is -2.01. The van der Waals surface area contributed by atoms with Crippen molar-refractivity contribution >= 4 is 0 Å². The Morgan fingerprint density at radius 2 is 1.71 bits per heavy atom. The zero-order valence-electron chi connectivity index (χ0n) is 13.2. The minimum absolute atomic E-state index is 0.171. The van der Waals surface area contributed by atoms with Gasteiger partial charge in [0.1, 0.15) is 11.9 Å². The molecule has 128 valence electrons. The summed E-state index contributed by atoms with van der Waals surface area (Å²) < 4.78 is 44.2. The molecule has 24 heavy (non-hydrogen) atoms. The Kier molecular flexibility index (Phi) is 5.09. The van der Waals surface area contributed by atoms with Gasteiger partial charge < -0.3 is 10.1 Å². The van der Waals surface area contributed by atoms with Gasteiger partial charge in [-0.15, -0.1) is 0 Å². The fourth-order valence-corrected chi connectivity index (χ4v) is 3.09. The van der Waals surface area contributed by atoms with E-state index in [0.29, 0.717) is 11.7 Å². The smallest absolute Gasteiger partial charge is 0.416 e. The Bertz CT molecular complexity index is 634. The SMILES string of the molecule is FC(F)(F)c1ccc(OC(c2ccccc2)[C@H]2CCCNC2)cc1. The van der Waals surface area contributed by atoms with Gasteiger partial charge in [-0.3, -0.25) is 0 Å². The quantitative estimate of drug-likeness (QED) is 0.864. The van der Waals surface area contributed by atoms with E-state index < -0.39 is 11.7 Å². The maximum atomic E-state index is 12.7. The standard InChI is InChI=1S/C19H20F3NO/c20-19(21,22)16-8-10-17(11-9-16)24-18(14-5-2-1-3-6-14)15-7-4-12-23-13-15/h1-3,5-6,8-11,15,18,23H,4,7,12-13H2/t15-,18?/m0/s1. The normalized spacial score (nSPS) is 19.7. The second-order valence-corrected chi connectivity index (χ2v) is 6.08. The van der Waals surface area contributed by atoms with E-state index in [1.165, 1.54) is 12.1 Å². The summed E-state index contributed by atoms with van der Waals surface area (Å²) in [7, 11) is 0. The summed E-state index contributed by atoms with van der Waals surface area (Å²) in [6.45, 7) is 1.85. The Morgan fingerprint density at radius 3 is 2.29 bits per heavy atom. The van der Waals surface area contributed by atoms with Crippen LogP contribution >= 0.6 is 0 Å². The van der Waals surface area contributed by atoms with Gasteiger partial charge in [-0.05, 0) is 49.2 Å². The number of benzene rings is 2. The predicted molar refractivity (Wildman–Crippen MR) is 86.8 cm³/mol. The van der Waals surface area contributed by atoms with Crippen molar-refractivity contribution in [2.24, 2.45) is 5.92 Å². The van der Waals surface area contributed by atoms with Gasteiger partial charge in [0.25, 0.3) is 0 Å². The second-order valence-electron chi connectivity index (χ2n) is 6.08. The van der Waals surface area contributed by atoms with E-state index in [9.17, 15) is 13.2 Å². The highest BCUT2D eigenvalue weighted by molar-refractivity contribution is 5.30. The number of alkyl halides is 3. The molecule has 3 rings (SSSR count). The summed E-state index contributed by atoms with van der Waals surface area (Å²) in [5, 5.41) is 3.37. The molecule has 5 heteroatoms. The summed E-state index contributed by atoms with van der Waals surface area (Å²) >= 11 is 0. The molecule has 0 aliphatic carbocycles. The minimum atomic E-state index is -4.33. The molecule has 0 amide bonds. The largest absolute Gasteiger partial charge is 0.485 e. The van der Waals surface area contributed by atoms with E-state index in [0.717, 1.165) is 43.6 Å². The Balaban J connectivity index is 1.81. The molecule has 1 aliphatic heterocycles. The van der Waals surface area contributed by atoms with E-state index in [-0.39, 0.29) is 6.10 Å². The van der Waals surface area contributed by atoms with Gasteiger partial charge in [0.05, 0.1) is 5.56 Å². The molecule has 0 radical (unpaired) electrons. The van der Waals surface area contributed by atoms with E-state index in [1.807, 2.05) is 30.3 Å². The van der Waals surface area contributed by atoms with Crippen LogP contribution in [0.3, 0.4) is 0 Å². The van der Waals surface area contributed by atoms with Crippen LogP contribution < -0.4 is 10.1 Å². The molecule has 2 nitrogen and oxygen atoms in total. The first kappa shape index (κ1) is 16.8. The lowest BCUT2D eigenvalue weighted by Gasteiger charge is -2.31. The van der Waals surface area contributed by atoms with Crippen LogP contribution in [0.25, 0.3) is 0 Å². The molecule has 0 spiro atoms. The van der Waals surface area contributed by atoms with Crippen molar-refractivity contribution in [2.75, 3.05) is 13.1 Å². The number of hydrogen-bond acceptors (Lipinski definition) is 2. The predicted octanol–water partition coefficient (Wildman–Crippen LogP) is 4.83. The molecular weight excluding hydrogens is 315 g/mol.